The van der Waals surface area contributed by atoms with Crippen LogP contribution in [0.2, 0.25) is 0 Å². The van der Waals surface area contributed by atoms with Crippen LogP contribution in [-0.2, 0) is 6.54 Å². The minimum atomic E-state index is -0.301. The highest BCUT2D eigenvalue weighted by molar-refractivity contribution is 7.80. The second-order valence-electron chi connectivity index (χ2n) is 7.30. The molecule has 0 fully saturated rings. The van der Waals surface area contributed by atoms with Gasteiger partial charge in [0.1, 0.15) is 5.82 Å². The smallest absolute Gasteiger partial charge is 0.221 e. The number of aromatic nitrogens is 1. The van der Waals surface area contributed by atoms with Gasteiger partial charge in [0.2, 0.25) is 11.0 Å². The summed E-state index contributed by atoms with van der Waals surface area (Å²) in [7, 11) is 0. The van der Waals surface area contributed by atoms with Crippen LogP contribution in [-0.4, -0.2) is 14.8 Å². The highest BCUT2D eigenvalue weighted by Crippen LogP contribution is 2.39. The van der Waals surface area contributed by atoms with Crippen molar-refractivity contribution in [3.63, 3.8) is 0 Å². The van der Waals surface area contributed by atoms with E-state index >= 15 is 0 Å². The Morgan fingerprint density at radius 3 is 2.39 bits per heavy atom. The first-order valence-corrected chi connectivity index (χ1v) is 10.2. The van der Waals surface area contributed by atoms with Crippen LogP contribution in [0.25, 0.3) is 10.9 Å². The van der Waals surface area contributed by atoms with Gasteiger partial charge in [-0.1, -0.05) is 48.5 Å². The maximum atomic E-state index is 13.2. The number of nitrogens with zero attached hydrogens (tertiary/aromatic N) is 3. The fourth-order valence-electron chi connectivity index (χ4n) is 3.54. The molecule has 0 radical (unpaired) electrons. The molecule has 0 amide bonds. The SMILES string of the molecule is Cc1cccc(C)c1NC(=S)N=Nc1c(O)n(Cc2ccc(F)cc2)c2ccccc12. The largest absolute Gasteiger partial charge is 0.493 e. The lowest BCUT2D eigenvalue weighted by Gasteiger charge is -2.10. The third kappa shape index (κ3) is 4.32. The van der Waals surface area contributed by atoms with Gasteiger partial charge >= 0.3 is 0 Å². The van der Waals surface area contributed by atoms with Gasteiger partial charge in [0.25, 0.3) is 0 Å². The number of para-hydroxylation sites is 2. The molecule has 0 bridgehead atoms. The van der Waals surface area contributed by atoms with Crippen molar-refractivity contribution in [1.29, 1.82) is 0 Å². The van der Waals surface area contributed by atoms with Gasteiger partial charge in [-0.05, 0) is 61.0 Å². The lowest BCUT2D eigenvalue weighted by Crippen LogP contribution is -2.07. The van der Waals surface area contributed by atoms with E-state index in [0.29, 0.717) is 12.2 Å². The Morgan fingerprint density at radius 1 is 1.00 bits per heavy atom. The third-order valence-electron chi connectivity index (χ3n) is 5.13. The number of azo groups is 1. The Bertz CT molecular complexity index is 1270. The quantitative estimate of drug-likeness (QED) is 0.281. The fraction of sp³-hybridized carbons (Fsp3) is 0.125. The van der Waals surface area contributed by atoms with Crippen molar-refractivity contribution < 1.29 is 9.50 Å². The lowest BCUT2D eigenvalue weighted by molar-refractivity contribution is 0.429. The van der Waals surface area contributed by atoms with E-state index in [4.69, 9.17) is 12.2 Å². The maximum absolute atomic E-state index is 13.2. The zero-order chi connectivity index (χ0) is 22.0. The molecule has 2 N–H and O–H groups in total. The van der Waals surface area contributed by atoms with Crippen molar-refractivity contribution in [2.24, 2.45) is 10.2 Å². The summed E-state index contributed by atoms with van der Waals surface area (Å²) >= 11 is 5.35. The van der Waals surface area contributed by atoms with Crippen molar-refractivity contribution in [3.8, 4) is 5.88 Å². The number of aromatic hydroxyl groups is 1. The number of hydrogen-bond acceptors (Lipinski definition) is 3. The van der Waals surface area contributed by atoms with Crippen LogP contribution in [0.5, 0.6) is 5.88 Å². The average molecular weight is 433 g/mol. The average Bonchev–Trinajstić information content (AvgIpc) is 3.02. The number of halogens is 1. The highest BCUT2D eigenvalue weighted by atomic mass is 32.1. The van der Waals surface area contributed by atoms with E-state index in [1.54, 1.807) is 16.7 Å². The van der Waals surface area contributed by atoms with Crippen LogP contribution in [0.3, 0.4) is 0 Å². The molecule has 0 saturated carbocycles. The summed E-state index contributed by atoms with van der Waals surface area (Å²) in [6, 6.07) is 19.7. The highest BCUT2D eigenvalue weighted by Gasteiger charge is 2.17. The molecule has 7 heteroatoms. The number of fused-ring (bicyclic) bond motifs is 1. The number of benzene rings is 3. The van der Waals surface area contributed by atoms with Crippen LogP contribution >= 0.6 is 12.2 Å². The van der Waals surface area contributed by atoms with Gasteiger partial charge in [0.05, 0.1) is 12.1 Å². The molecule has 1 aromatic heterocycles. The second-order valence-corrected chi connectivity index (χ2v) is 7.69. The number of anilines is 1. The van der Waals surface area contributed by atoms with Gasteiger partial charge in [0, 0.05) is 11.1 Å². The summed E-state index contributed by atoms with van der Waals surface area (Å²) < 4.78 is 15.0. The molecular weight excluding hydrogens is 411 g/mol. The third-order valence-corrected chi connectivity index (χ3v) is 5.31. The standard InChI is InChI=1S/C24H21FN4OS/c1-15-6-5-7-16(2)21(15)26-24(31)28-27-22-19-8-3-4-9-20(19)29(23(22)30)14-17-10-12-18(25)13-11-17/h3-13,30H,14H2,1-2H3,(H,26,31). The molecule has 0 spiro atoms. The lowest BCUT2D eigenvalue weighted by atomic mass is 10.1. The molecule has 3 aromatic carbocycles. The second kappa shape index (κ2) is 8.65. The van der Waals surface area contributed by atoms with Crippen molar-refractivity contribution in [2.75, 3.05) is 5.32 Å². The molecule has 0 aliphatic heterocycles. The number of hydrogen-bond donors (Lipinski definition) is 2. The Morgan fingerprint density at radius 2 is 1.68 bits per heavy atom. The molecular formula is C24H21FN4OS. The van der Waals surface area contributed by atoms with Crippen LogP contribution in [0, 0.1) is 19.7 Å². The Balaban J connectivity index is 1.65. The van der Waals surface area contributed by atoms with Gasteiger partial charge in [-0.15, -0.1) is 10.2 Å². The molecule has 31 heavy (non-hydrogen) atoms. The Labute approximate surface area is 184 Å². The summed E-state index contributed by atoms with van der Waals surface area (Å²) in [4.78, 5) is 0. The number of nitrogens with one attached hydrogen (secondary N) is 1. The fourth-order valence-corrected chi connectivity index (χ4v) is 3.68. The van der Waals surface area contributed by atoms with E-state index in [0.717, 1.165) is 33.3 Å². The molecule has 5 nitrogen and oxygen atoms in total. The van der Waals surface area contributed by atoms with Crippen LogP contribution in [0.15, 0.2) is 77.0 Å². The van der Waals surface area contributed by atoms with E-state index < -0.39 is 0 Å². The minimum absolute atomic E-state index is 0.0239. The van der Waals surface area contributed by atoms with E-state index in [1.165, 1.54) is 12.1 Å². The van der Waals surface area contributed by atoms with E-state index in [1.807, 2.05) is 56.3 Å². The normalized spacial score (nSPS) is 11.3. The van der Waals surface area contributed by atoms with Crippen LogP contribution in [0.1, 0.15) is 16.7 Å². The molecule has 0 aliphatic rings. The summed E-state index contributed by atoms with van der Waals surface area (Å²) in [5, 5.41) is 23.4. The predicted molar refractivity (Wildman–Crippen MR) is 126 cm³/mol. The van der Waals surface area contributed by atoms with Gasteiger partial charge in [0.15, 0.2) is 5.69 Å². The first kappa shape index (κ1) is 20.7. The zero-order valence-electron chi connectivity index (χ0n) is 17.1. The van der Waals surface area contributed by atoms with Gasteiger partial charge < -0.3 is 15.0 Å². The molecule has 0 unspecified atom stereocenters. The number of rotatable bonds is 4. The minimum Gasteiger partial charge on any atom is -0.493 e. The molecule has 0 saturated heterocycles. The van der Waals surface area contributed by atoms with Crippen molar-refractivity contribution in [2.45, 2.75) is 20.4 Å². The van der Waals surface area contributed by atoms with Gasteiger partial charge in [-0.25, -0.2) is 4.39 Å². The Kier molecular flexibility index (Phi) is 5.77. The molecule has 1 heterocycles. The first-order chi connectivity index (χ1) is 14.9. The summed E-state index contributed by atoms with van der Waals surface area (Å²) in [6.45, 7) is 4.35. The van der Waals surface area contributed by atoms with Crippen molar-refractivity contribution in [1.82, 2.24) is 4.57 Å². The number of aryl methyl sites for hydroxylation is 2. The molecule has 4 aromatic rings. The zero-order valence-corrected chi connectivity index (χ0v) is 17.9. The molecule has 156 valence electrons. The summed E-state index contributed by atoms with van der Waals surface area (Å²) in [6.07, 6.45) is 0. The monoisotopic (exact) mass is 432 g/mol. The van der Waals surface area contributed by atoms with E-state index in [2.05, 4.69) is 15.5 Å². The molecule has 4 rings (SSSR count). The summed E-state index contributed by atoms with van der Waals surface area (Å²) in [5.74, 6) is -0.325. The van der Waals surface area contributed by atoms with Crippen LogP contribution < -0.4 is 5.32 Å². The topological polar surface area (TPSA) is 61.9 Å². The molecule has 0 atom stereocenters. The van der Waals surface area contributed by atoms with E-state index in [9.17, 15) is 9.50 Å². The Hall–Kier alpha value is -3.58. The van der Waals surface area contributed by atoms with Crippen LogP contribution in [0.4, 0.5) is 15.8 Å². The maximum Gasteiger partial charge on any atom is 0.221 e. The molecule has 0 aliphatic carbocycles. The van der Waals surface area contributed by atoms with Crippen molar-refractivity contribution in [3.05, 3.63) is 89.2 Å². The van der Waals surface area contributed by atoms with Crippen molar-refractivity contribution >= 4 is 39.6 Å². The van der Waals surface area contributed by atoms with Gasteiger partial charge in [-0.3, -0.25) is 0 Å². The predicted octanol–water partition coefficient (Wildman–Crippen LogP) is 6.63. The van der Waals surface area contributed by atoms with E-state index in [-0.39, 0.29) is 16.8 Å². The summed E-state index contributed by atoms with van der Waals surface area (Å²) in [5.41, 5.74) is 4.99. The van der Waals surface area contributed by atoms with Gasteiger partial charge in [-0.2, -0.15) is 0 Å². The first-order valence-electron chi connectivity index (χ1n) is 9.77. The number of thiocarbonyl (C=S) groups is 1.